The van der Waals surface area contributed by atoms with Crippen molar-refractivity contribution in [2.75, 3.05) is 0 Å². The molecular formula is C62H57IrN3OSi-2. The van der Waals surface area contributed by atoms with Crippen molar-refractivity contribution in [3.05, 3.63) is 193 Å². The maximum atomic E-state index is 8.44. The summed E-state index contributed by atoms with van der Waals surface area (Å²) in [5.74, 6) is 0.793. The molecule has 0 bridgehead atoms. The van der Waals surface area contributed by atoms with Gasteiger partial charge in [0.1, 0.15) is 5.58 Å². The van der Waals surface area contributed by atoms with Crippen LogP contribution < -0.4 is 5.19 Å². The van der Waals surface area contributed by atoms with Gasteiger partial charge in [-0.25, -0.2) is 0 Å². The van der Waals surface area contributed by atoms with Crippen LogP contribution in [0.3, 0.4) is 0 Å². The van der Waals surface area contributed by atoms with E-state index >= 15 is 0 Å². The predicted octanol–water partition coefficient (Wildman–Crippen LogP) is 16.8. The van der Waals surface area contributed by atoms with Crippen molar-refractivity contribution in [1.29, 1.82) is 0 Å². The molecule has 3 aromatic heterocycles. The Balaban J connectivity index is 0.000000238. The Morgan fingerprint density at radius 3 is 2.00 bits per heavy atom. The van der Waals surface area contributed by atoms with E-state index in [-0.39, 0.29) is 31.9 Å². The molecule has 1 radical (unpaired) electrons. The number of furan rings is 1. The van der Waals surface area contributed by atoms with Crippen LogP contribution in [-0.2, 0) is 20.1 Å². The molecular weight excluding hydrogens is 1020 g/mol. The van der Waals surface area contributed by atoms with Gasteiger partial charge in [-0.3, -0.25) is 4.98 Å². The maximum absolute atomic E-state index is 8.44. The number of fused-ring (bicyclic) bond motifs is 7. The first-order valence-corrected chi connectivity index (χ1v) is 27.0. The van der Waals surface area contributed by atoms with Crippen molar-refractivity contribution >= 4 is 67.8 Å². The molecule has 0 fully saturated rings. The molecule has 0 amide bonds. The summed E-state index contributed by atoms with van der Waals surface area (Å²) in [6, 6.07) is 62.2. The number of imidazole rings is 1. The molecule has 11 aromatic rings. The summed E-state index contributed by atoms with van der Waals surface area (Å²) >= 11 is 0. The van der Waals surface area contributed by atoms with Gasteiger partial charge in [0, 0.05) is 38.7 Å². The van der Waals surface area contributed by atoms with Gasteiger partial charge in [0.15, 0.2) is 0 Å². The second-order valence-corrected chi connectivity index (χ2v) is 24.7. The summed E-state index contributed by atoms with van der Waals surface area (Å²) < 4.78 is 17.6. The van der Waals surface area contributed by atoms with Crippen molar-refractivity contribution in [2.45, 2.75) is 78.9 Å². The molecule has 0 aliphatic carbocycles. The fourth-order valence-corrected chi connectivity index (χ4v) is 11.2. The van der Waals surface area contributed by atoms with Gasteiger partial charge in [-0.2, -0.15) is 0 Å². The van der Waals surface area contributed by atoms with E-state index < -0.39 is 14.0 Å². The molecule has 0 aliphatic rings. The Labute approximate surface area is 416 Å². The van der Waals surface area contributed by atoms with Crippen LogP contribution in [-0.4, -0.2) is 22.6 Å². The monoisotopic (exact) mass is 1080 g/mol. The van der Waals surface area contributed by atoms with E-state index in [0.29, 0.717) is 0 Å². The van der Waals surface area contributed by atoms with Crippen molar-refractivity contribution in [2.24, 2.45) is 0 Å². The summed E-state index contributed by atoms with van der Waals surface area (Å²) in [5.41, 5.74) is 13.8. The minimum atomic E-state index is -1.50. The Kier molecular flexibility index (Phi) is 12.6. The molecule has 0 saturated heterocycles. The quantitative estimate of drug-likeness (QED) is 0.0865. The van der Waals surface area contributed by atoms with Crippen LogP contribution in [0.25, 0.3) is 94.0 Å². The SMILES string of the molecule is CC(C)c1cc(-c2ccccc2)cc(C(C)C)c1-n1c(-c2[c-]ccc3c2oc2cc4c(ccc5ccccc54)cc23)nc2ccccc21.[2H]C(C)(C)c1cc(-c2[c-]cccc2)ncc1[Si](C)(C)C.[Ir]. The molecule has 0 aliphatic heterocycles. The van der Waals surface area contributed by atoms with Crippen LogP contribution in [0.4, 0.5) is 0 Å². The third-order valence-electron chi connectivity index (χ3n) is 13.1. The first kappa shape index (κ1) is 45.4. The zero-order valence-electron chi connectivity index (χ0n) is 41.3. The Hall–Kier alpha value is -6.43. The van der Waals surface area contributed by atoms with Crippen molar-refractivity contribution in [3.63, 3.8) is 0 Å². The number of benzene rings is 8. The number of pyridine rings is 1. The van der Waals surface area contributed by atoms with Gasteiger partial charge in [0.05, 0.1) is 30.5 Å². The summed E-state index contributed by atoms with van der Waals surface area (Å²) in [6.07, 6.45) is 1.98. The van der Waals surface area contributed by atoms with Gasteiger partial charge in [-0.05, 0) is 109 Å². The van der Waals surface area contributed by atoms with Gasteiger partial charge < -0.3 is 14.0 Å². The maximum Gasteiger partial charge on any atom is 0.121 e. The summed E-state index contributed by atoms with van der Waals surface area (Å²) in [4.78, 5) is 9.94. The third kappa shape index (κ3) is 8.66. The van der Waals surface area contributed by atoms with Crippen LogP contribution in [0.2, 0.25) is 19.6 Å². The smallest absolute Gasteiger partial charge is 0.121 e. The average Bonchev–Trinajstić information content (AvgIpc) is 3.91. The molecule has 4 nitrogen and oxygen atoms in total. The zero-order chi connectivity index (χ0) is 47.5. The Morgan fingerprint density at radius 2 is 1.29 bits per heavy atom. The second kappa shape index (κ2) is 18.9. The second-order valence-electron chi connectivity index (χ2n) is 19.6. The molecule has 0 N–H and O–H groups in total. The van der Waals surface area contributed by atoms with Gasteiger partial charge in [0.25, 0.3) is 0 Å². The summed E-state index contributed by atoms with van der Waals surface area (Å²) in [7, 11) is -1.50. The van der Waals surface area contributed by atoms with Crippen LogP contribution in [0, 0.1) is 12.1 Å². The van der Waals surface area contributed by atoms with Crippen molar-refractivity contribution in [3.8, 4) is 39.5 Å². The molecule has 0 saturated carbocycles. The molecule has 0 unspecified atom stereocenters. The van der Waals surface area contributed by atoms with E-state index in [2.05, 4.69) is 196 Å². The van der Waals surface area contributed by atoms with E-state index in [4.69, 9.17) is 10.8 Å². The van der Waals surface area contributed by atoms with Crippen molar-refractivity contribution in [1.82, 2.24) is 14.5 Å². The predicted molar refractivity (Wildman–Crippen MR) is 287 cm³/mol. The zero-order valence-corrected chi connectivity index (χ0v) is 43.7. The van der Waals surface area contributed by atoms with E-state index in [1.165, 1.54) is 54.7 Å². The molecule has 68 heavy (non-hydrogen) atoms. The summed E-state index contributed by atoms with van der Waals surface area (Å²) in [5, 5.41) is 8.29. The number of para-hydroxylation sites is 2. The standard InChI is InChI=1S/C45H35N2O.C17H22NSi.Ir/c1-27(2)36-24-32(29-13-6-5-7-14-29)25-37(28(3)4)43(36)47-41-20-11-10-19-40(41)46-45(47)35-18-12-17-34-39-23-31-22-21-30-15-8-9-16-33(30)38(31)26-42(39)48-44(34)35;1-13(2)15-11-16(14-9-7-6-8-10-14)18-12-17(15)19(3,4)5;/h5-17,19-28H,1-4H3;6-9,11-13H,1-5H3;/q2*-1;/i;13D;. The first-order valence-electron chi connectivity index (χ1n) is 24.0. The third-order valence-corrected chi connectivity index (χ3v) is 15.1. The number of hydrogen-bond acceptors (Lipinski definition) is 3. The minimum absolute atomic E-state index is 0. The fourth-order valence-electron chi connectivity index (χ4n) is 9.61. The van der Waals surface area contributed by atoms with Gasteiger partial charge in [-0.1, -0.05) is 163 Å². The molecule has 3 heterocycles. The van der Waals surface area contributed by atoms with E-state index in [0.717, 1.165) is 61.2 Å². The number of aromatic nitrogens is 3. The average molecular weight is 1080 g/mol. The topological polar surface area (TPSA) is 43.9 Å². The molecule has 0 spiro atoms. The largest absolute Gasteiger partial charge is 0.501 e. The fraction of sp³-hybridized carbons (Fsp3) is 0.194. The number of rotatable bonds is 8. The molecule has 341 valence electrons. The first-order chi connectivity index (χ1) is 32.7. The number of hydrogen-bond donors (Lipinski definition) is 0. The van der Waals surface area contributed by atoms with Crippen LogP contribution >= 0.6 is 0 Å². The Bertz CT molecular complexity index is 3630. The molecule has 6 heteroatoms. The summed E-state index contributed by atoms with van der Waals surface area (Å²) in [6.45, 7) is 19.9. The van der Waals surface area contributed by atoms with Crippen LogP contribution in [0.5, 0.6) is 0 Å². The molecule has 11 rings (SSSR count). The van der Waals surface area contributed by atoms with E-state index in [1.807, 2.05) is 50.4 Å². The van der Waals surface area contributed by atoms with E-state index in [9.17, 15) is 0 Å². The Morgan fingerprint density at radius 1 is 0.603 bits per heavy atom. The van der Waals surface area contributed by atoms with Gasteiger partial charge in [-0.15, -0.1) is 54.1 Å². The van der Waals surface area contributed by atoms with Gasteiger partial charge in [0.2, 0.25) is 0 Å². The van der Waals surface area contributed by atoms with Crippen molar-refractivity contribution < 1.29 is 25.9 Å². The minimum Gasteiger partial charge on any atom is -0.501 e. The molecule has 0 atom stereocenters. The van der Waals surface area contributed by atoms with E-state index in [1.54, 1.807) is 0 Å². The normalized spacial score (nSPS) is 12.2. The van der Waals surface area contributed by atoms with Crippen LogP contribution in [0.1, 0.15) is 77.3 Å². The number of nitrogens with zero attached hydrogens (tertiary/aromatic N) is 3. The molecule has 8 aromatic carbocycles. The van der Waals surface area contributed by atoms with Crippen LogP contribution in [0.15, 0.2) is 168 Å². The van der Waals surface area contributed by atoms with Gasteiger partial charge >= 0.3 is 0 Å².